The Bertz CT molecular complexity index is 535. The summed E-state index contributed by atoms with van der Waals surface area (Å²) < 4.78 is 0. The van der Waals surface area contributed by atoms with E-state index in [1.54, 1.807) is 18.2 Å². The molecule has 0 bridgehead atoms. The molecule has 6 nitrogen and oxygen atoms in total. The van der Waals surface area contributed by atoms with Crippen LogP contribution in [0.1, 0.15) is 0 Å². The first-order valence-corrected chi connectivity index (χ1v) is 3.90. The Labute approximate surface area is 78.5 Å². The zero-order valence-electron chi connectivity index (χ0n) is 7.38. The highest BCUT2D eigenvalue weighted by molar-refractivity contribution is 5.73. The third kappa shape index (κ3) is 1.08. The molecule has 0 fully saturated rings. The molecule has 6 heteroatoms. The van der Waals surface area contributed by atoms with Crippen LogP contribution < -0.4 is 15.2 Å². The molecule has 0 saturated heterocycles. The average Bonchev–Trinajstić information content (AvgIpc) is 2.23. The van der Waals surface area contributed by atoms with Gasteiger partial charge in [-0.25, -0.2) is 4.79 Å². The summed E-state index contributed by atoms with van der Waals surface area (Å²) in [6.45, 7) is 0. The normalized spacial score (nSPS) is 10.4. The third-order valence-corrected chi connectivity index (χ3v) is 1.85. The lowest BCUT2D eigenvalue weighted by Gasteiger charge is -2.02. The van der Waals surface area contributed by atoms with Crippen LogP contribution in [0.4, 0.5) is 0 Å². The molecule has 1 aromatic carbocycles. The fourth-order valence-corrected chi connectivity index (χ4v) is 1.21. The van der Waals surface area contributed by atoms with E-state index in [1.165, 1.54) is 13.2 Å². The van der Waals surface area contributed by atoms with E-state index >= 15 is 0 Å². The van der Waals surface area contributed by atoms with E-state index in [0.29, 0.717) is 9.69 Å². The van der Waals surface area contributed by atoms with Crippen LogP contribution in [0, 0.1) is 5.21 Å². The first kappa shape index (κ1) is 8.49. The fraction of sp³-hybridized carbons (Fsp3) is 0.125. The maximum absolute atomic E-state index is 11.5. The zero-order chi connectivity index (χ0) is 10.1. The molecule has 2 rings (SSSR count). The number of rotatable bonds is 1. The Morgan fingerprint density at radius 1 is 1.50 bits per heavy atom. The monoisotopic (exact) mass is 193 g/mol. The second-order valence-corrected chi connectivity index (χ2v) is 2.64. The second kappa shape index (κ2) is 2.99. The van der Waals surface area contributed by atoms with Crippen molar-refractivity contribution in [3.8, 4) is 0 Å². The van der Waals surface area contributed by atoms with Gasteiger partial charge in [-0.15, -0.1) is 4.85 Å². The molecule has 1 heterocycles. The molecule has 0 aliphatic carbocycles. The van der Waals surface area contributed by atoms with Crippen molar-refractivity contribution in [1.29, 1.82) is 0 Å². The number of aromatic nitrogens is 3. The summed E-state index contributed by atoms with van der Waals surface area (Å²) in [5, 5.41) is 14.9. The number of nitrogens with zero attached hydrogens (tertiary/aromatic N) is 3. The van der Waals surface area contributed by atoms with Gasteiger partial charge in [0.1, 0.15) is 17.7 Å². The highest BCUT2D eigenvalue weighted by Crippen LogP contribution is 2.01. The van der Waals surface area contributed by atoms with Crippen LogP contribution in [0.2, 0.25) is 0 Å². The molecule has 0 amide bonds. The molecule has 0 spiro atoms. The molecule has 0 unspecified atom stereocenters. The minimum Gasteiger partial charge on any atom is -0.691 e. The smallest absolute Gasteiger partial charge is 0.409 e. The molecular formula is C8H7N3O3. The van der Waals surface area contributed by atoms with E-state index in [0.717, 1.165) is 0 Å². The van der Waals surface area contributed by atoms with E-state index in [9.17, 15) is 10.0 Å². The molecule has 1 aromatic heterocycles. The minimum atomic E-state index is -0.449. The average molecular weight is 193 g/mol. The number of fused-ring (bicyclic) bond motifs is 1. The van der Waals surface area contributed by atoms with Gasteiger partial charge in [0.2, 0.25) is 0 Å². The van der Waals surface area contributed by atoms with E-state index in [-0.39, 0.29) is 10.9 Å². The molecule has 2 aromatic rings. The highest BCUT2D eigenvalue weighted by atomic mass is 16.7. The van der Waals surface area contributed by atoms with Crippen LogP contribution in [0.25, 0.3) is 10.9 Å². The van der Waals surface area contributed by atoms with Crippen molar-refractivity contribution < 1.29 is 9.68 Å². The van der Waals surface area contributed by atoms with Crippen LogP contribution in [-0.2, 0) is 0 Å². The van der Waals surface area contributed by atoms with Crippen molar-refractivity contribution in [3.05, 3.63) is 39.8 Å². The lowest BCUT2D eigenvalue weighted by atomic mass is 10.2. The highest BCUT2D eigenvalue weighted by Gasteiger charge is 2.12. The van der Waals surface area contributed by atoms with Crippen LogP contribution in [0.15, 0.2) is 29.1 Å². The maximum Gasteiger partial charge on any atom is 0.409 e. The first-order chi connectivity index (χ1) is 6.74. The summed E-state index contributed by atoms with van der Waals surface area (Å²) in [6, 6.07) is 6.40. The fourth-order valence-electron chi connectivity index (χ4n) is 1.21. The van der Waals surface area contributed by atoms with Crippen molar-refractivity contribution in [2.24, 2.45) is 0 Å². The lowest BCUT2D eigenvalue weighted by Crippen LogP contribution is -2.43. The van der Waals surface area contributed by atoms with Gasteiger partial charge in [-0.2, -0.15) is 0 Å². The number of hydrogen-bond acceptors (Lipinski definition) is 4. The van der Waals surface area contributed by atoms with Crippen LogP contribution in [0.3, 0.4) is 0 Å². The van der Waals surface area contributed by atoms with Crippen molar-refractivity contribution >= 4 is 10.9 Å². The topological polar surface area (TPSA) is 71.1 Å². The summed E-state index contributed by atoms with van der Waals surface area (Å²) in [7, 11) is 1.27. The van der Waals surface area contributed by atoms with Crippen molar-refractivity contribution in [1.82, 2.24) is 10.1 Å². The summed E-state index contributed by atoms with van der Waals surface area (Å²) in [6.07, 6.45) is 0. The van der Waals surface area contributed by atoms with E-state index in [1.807, 2.05) is 0 Å². The van der Waals surface area contributed by atoms with Crippen LogP contribution in [-0.4, -0.2) is 17.2 Å². The largest absolute Gasteiger partial charge is 0.691 e. The third-order valence-electron chi connectivity index (χ3n) is 1.85. The molecule has 14 heavy (non-hydrogen) atoms. The molecular weight excluding hydrogens is 186 g/mol. The molecule has 0 aliphatic heterocycles. The van der Waals surface area contributed by atoms with Crippen molar-refractivity contribution in [2.45, 2.75) is 0 Å². The molecule has 0 radical (unpaired) electrons. The Hall–Kier alpha value is -2.11. The van der Waals surface area contributed by atoms with Gasteiger partial charge in [0, 0.05) is 0 Å². The standard InChI is InChI=1S/C8H7N3O3/c1-14-11-8(12)6-4-2-3-5-7(6)10(13)9-11/h2-5H,1H3. The number of para-hydroxylation sites is 1. The molecule has 0 atom stereocenters. The summed E-state index contributed by atoms with van der Waals surface area (Å²) in [5.41, 5.74) is -0.221. The van der Waals surface area contributed by atoms with E-state index in [2.05, 4.69) is 10.1 Å². The Kier molecular flexibility index (Phi) is 1.81. The van der Waals surface area contributed by atoms with Crippen molar-refractivity contribution in [2.75, 3.05) is 7.11 Å². The van der Waals surface area contributed by atoms with Gasteiger partial charge in [-0.3, -0.25) is 0 Å². The molecule has 0 saturated carbocycles. The van der Waals surface area contributed by atoms with E-state index < -0.39 is 5.56 Å². The van der Waals surface area contributed by atoms with Gasteiger partial charge >= 0.3 is 5.56 Å². The molecule has 0 aliphatic rings. The van der Waals surface area contributed by atoms with Gasteiger partial charge in [0.15, 0.2) is 5.52 Å². The maximum atomic E-state index is 11.5. The molecule has 0 N–H and O–H groups in total. The summed E-state index contributed by atoms with van der Waals surface area (Å²) in [5.74, 6) is 0. The Balaban J connectivity index is 2.95. The van der Waals surface area contributed by atoms with Crippen LogP contribution in [0.5, 0.6) is 0 Å². The molecule has 72 valence electrons. The van der Waals surface area contributed by atoms with Crippen molar-refractivity contribution in [3.63, 3.8) is 0 Å². The van der Waals surface area contributed by atoms with Gasteiger partial charge < -0.3 is 10.0 Å². The Morgan fingerprint density at radius 2 is 2.21 bits per heavy atom. The quantitative estimate of drug-likeness (QED) is 0.434. The minimum absolute atomic E-state index is 0.228. The van der Waals surface area contributed by atoms with Gasteiger partial charge in [-0.1, -0.05) is 12.1 Å². The van der Waals surface area contributed by atoms with Gasteiger partial charge in [-0.05, 0) is 12.1 Å². The number of benzene rings is 1. The predicted molar refractivity (Wildman–Crippen MR) is 47.5 cm³/mol. The first-order valence-electron chi connectivity index (χ1n) is 3.90. The number of hydrogen-bond donors (Lipinski definition) is 0. The second-order valence-electron chi connectivity index (χ2n) is 2.64. The van der Waals surface area contributed by atoms with Gasteiger partial charge in [0.05, 0.1) is 4.85 Å². The van der Waals surface area contributed by atoms with Gasteiger partial charge in [0.25, 0.3) is 0 Å². The van der Waals surface area contributed by atoms with Crippen LogP contribution >= 0.6 is 0 Å². The summed E-state index contributed by atoms with van der Waals surface area (Å²) >= 11 is 0. The lowest BCUT2D eigenvalue weighted by molar-refractivity contribution is -0.656. The Morgan fingerprint density at radius 3 is 2.93 bits per heavy atom. The zero-order valence-corrected chi connectivity index (χ0v) is 7.38. The SMILES string of the molecule is COn1n[n+]([O-])c2ccccc2c1=O. The summed E-state index contributed by atoms with van der Waals surface area (Å²) in [4.78, 5) is 17.1. The van der Waals surface area contributed by atoms with E-state index in [4.69, 9.17) is 0 Å². The predicted octanol–water partition coefficient (Wildman–Crippen LogP) is -0.912.